The van der Waals surface area contributed by atoms with E-state index in [1.807, 2.05) is 24.3 Å². The average molecular weight is 363 g/mol. The molecule has 2 aromatic carbocycles. The zero-order chi connectivity index (χ0) is 14.8. The van der Waals surface area contributed by atoms with Crippen molar-refractivity contribution in [1.29, 1.82) is 0 Å². The molecule has 3 nitrogen and oxygen atoms in total. The van der Waals surface area contributed by atoms with Gasteiger partial charge in [0.05, 0.1) is 0 Å². The molecular weight excluding hydrogens is 354 g/mol. The highest BCUT2D eigenvalue weighted by Gasteiger charge is 2.24. The number of cyclic esters (lactones) is 1. The number of nitrogens with zero attached hydrogens (tertiary/aromatic N) is 1. The van der Waals surface area contributed by atoms with E-state index in [2.05, 4.69) is 20.9 Å². The van der Waals surface area contributed by atoms with E-state index in [-0.39, 0.29) is 11.6 Å². The van der Waals surface area contributed by atoms with E-state index in [0.717, 1.165) is 10.0 Å². The average Bonchev–Trinajstić information content (AvgIpc) is 2.83. The Balaban J connectivity index is 1.93. The Morgan fingerprint density at radius 3 is 2.62 bits per heavy atom. The standard InChI is InChI=1S/C16H9BrClNO2/c17-12-6-4-10(5-7-12)8-14-16(20)21-15(19-14)11-2-1-3-13(18)9-11/h1-9H/b14-8-. The van der Waals surface area contributed by atoms with Gasteiger partial charge in [0.25, 0.3) is 0 Å². The summed E-state index contributed by atoms with van der Waals surface area (Å²) in [6, 6.07) is 14.6. The Labute approximate surface area is 135 Å². The van der Waals surface area contributed by atoms with E-state index in [4.69, 9.17) is 16.3 Å². The predicted octanol–water partition coefficient (Wildman–Crippen LogP) is 4.45. The van der Waals surface area contributed by atoms with E-state index in [1.54, 1.807) is 30.3 Å². The maximum atomic E-state index is 11.9. The molecule has 1 heterocycles. The fraction of sp³-hybridized carbons (Fsp3) is 0. The minimum Gasteiger partial charge on any atom is -0.402 e. The van der Waals surface area contributed by atoms with Crippen LogP contribution in [-0.2, 0) is 9.53 Å². The molecule has 0 spiro atoms. The monoisotopic (exact) mass is 361 g/mol. The summed E-state index contributed by atoms with van der Waals surface area (Å²) in [5, 5.41) is 0.566. The third-order valence-corrected chi connectivity index (χ3v) is 3.63. The molecule has 0 aliphatic carbocycles. The smallest absolute Gasteiger partial charge is 0.363 e. The minimum atomic E-state index is -0.465. The van der Waals surface area contributed by atoms with Gasteiger partial charge in [0.1, 0.15) is 0 Å². The lowest BCUT2D eigenvalue weighted by molar-refractivity contribution is -0.129. The molecule has 0 bridgehead atoms. The lowest BCUT2D eigenvalue weighted by Crippen LogP contribution is -2.05. The normalized spacial score (nSPS) is 16.0. The number of hydrogen-bond donors (Lipinski definition) is 0. The van der Waals surface area contributed by atoms with Gasteiger partial charge in [-0.2, -0.15) is 0 Å². The van der Waals surface area contributed by atoms with Crippen molar-refractivity contribution in [2.75, 3.05) is 0 Å². The number of hydrogen-bond acceptors (Lipinski definition) is 3. The SMILES string of the molecule is O=C1OC(c2cccc(Cl)c2)=N/C1=C\c1ccc(Br)cc1. The topological polar surface area (TPSA) is 38.7 Å². The third-order valence-electron chi connectivity index (χ3n) is 2.87. The molecule has 0 aromatic heterocycles. The number of benzene rings is 2. The summed E-state index contributed by atoms with van der Waals surface area (Å²) >= 11 is 9.29. The van der Waals surface area contributed by atoms with Crippen LogP contribution in [0.5, 0.6) is 0 Å². The third kappa shape index (κ3) is 3.23. The first-order chi connectivity index (χ1) is 10.1. The first-order valence-electron chi connectivity index (χ1n) is 6.16. The van der Waals surface area contributed by atoms with Crippen molar-refractivity contribution in [2.24, 2.45) is 4.99 Å². The molecule has 5 heteroatoms. The number of halogens is 2. The molecule has 0 amide bonds. The summed E-state index contributed by atoms with van der Waals surface area (Å²) in [4.78, 5) is 16.1. The molecule has 1 aliphatic heterocycles. The fourth-order valence-electron chi connectivity index (χ4n) is 1.87. The van der Waals surface area contributed by atoms with Crippen LogP contribution in [0.3, 0.4) is 0 Å². The Bertz CT molecular complexity index is 766. The van der Waals surface area contributed by atoms with Crippen LogP contribution in [-0.4, -0.2) is 11.9 Å². The molecule has 0 radical (unpaired) electrons. The van der Waals surface area contributed by atoms with E-state index in [9.17, 15) is 4.79 Å². The molecule has 2 aromatic rings. The van der Waals surface area contributed by atoms with Gasteiger partial charge in [-0.05, 0) is 42.0 Å². The first-order valence-corrected chi connectivity index (χ1v) is 7.33. The van der Waals surface area contributed by atoms with Gasteiger partial charge in [-0.3, -0.25) is 0 Å². The highest BCUT2D eigenvalue weighted by Crippen LogP contribution is 2.21. The Hall–Kier alpha value is -1.91. The van der Waals surface area contributed by atoms with E-state index in [0.29, 0.717) is 10.6 Å². The summed E-state index contributed by atoms with van der Waals surface area (Å²) in [6.45, 7) is 0. The largest absolute Gasteiger partial charge is 0.402 e. The Morgan fingerprint density at radius 2 is 1.90 bits per heavy atom. The quantitative estimate of drug-likeness (QED) is 0.585. The van der Waals surface area contributed by atoms with Gasteiger partial charge in [0.2, 0.25) is 5.90 Å². The van der Waals surface area contributed by atoms with E-state index in [1.165, 1.54) is 0 Å². The molecule has 0 fully saturated rings. The number of carbonyl (C=O) groups is 1. The lowest BCUT2D eigenvalue weighted by Gasteiger charge is -1.98. The minimum absolute atomic E-state index is 0.269. The van der Waals surface area contributed by atoms with Gasteiger partial charge in [-0.25, -0.2) is 9.79 Å². The van der Waals surface area contributed by atoms with Crippen molar-refractivity contribution in [3.05, 3.63) is 74.9 Å². The molecule has 0 saturated heterocycles. The maximum absolute atomic E-state index is 11.9. The van der Waals surface area contributed by atoms with Crippen LogP contribution in [0.15, 0.2) is 63.7 Å². The second kappa shape index (κ2) is 5.84. The van der Waals surface area contributed by atoms with Gasteiger partial charge >= 0.3 is 5.97 Å². The number of esters is 1. The molecule has 3 rings (SSSR count). The van der Waals surface area contributed by atoms with Crippen molar-refractivity contribution >= 4 is 45.5 Å². The maximum Gasteiger partial charge on any atom is 0.363 e. The number of carbonyl (C=O) groups excluding carboxylic acids is 1. The van der Waals surface area contributed by atoms with Crippen LogP contribution in [0.2, 0.25) is 5.02 Å². The van der Waals surface area contributed by atoms with Crippen LogP contribution >= 0.6 is 27.5 Å². The van der Waals surface area contributed by atoms with Gasteiger partial charge in [-0.15, -0.1) is 0 Å². The molecule has 0 N–H and O–H groups in total. The van der Waals surface area contributed by atoms with Gasteiger partial charge < -0.3 is 4.74 Å². The summed E-state index contributed by atoms with van der Waals surface area (Å²) in [5.41, 5.74) is 1.82. The second-order valence-corrected chi connectivity index (χ2v) is 5.75. The number of aliphatic imine (C=N–C) groups is 1. The molecule has 21 heavy (non-hydrogen) atoms. The van der Waals surface area contributed by atoms with Gasteiger partial charge in [0, 0.05) is 15.1 Å². The Kier molecular flexibility index (Phi) is 3.90. The van der Waals surface area contributed by atoms with Crippen molar-refractivity contribution in [2.45, 2.75) is 0 Å². The van der Waals surface area contributed by atoms with Crippen molar-refractivity contribution in [3.63, 3.8) is 0 Å². The van der Waals surface area contributed by atoms with Crippen LogP contribution in [0.1, 0.15) is 11.1 Å². The first kappa shape index (κ1) is 14.0. The summed E-state index contributed by atoms with van der Waals surface area (Å²) in [7, 11) is 0. The van der Waals surface area contributed by atoms with Crippen LogP contribution in [0.4, 0.5) is 0 Å². The molecule has 0 atom stereocenters. The molecule has 104 valence electrons. The summed E-state index contributed by atoms with van der Waals surface area (Å²) in [5.74, 6) is -0.196. The number of ether oxygens (including phenoxy) is 1. The summed E-state index contributed by atoms with van der Waals surface area (Å²) < 4.78 is 6.16. The molecule has 1 aliphatic rings. The van der Waals surface area contributed by atoms with Crippen LogP contribution < -0.4 is 0 Å². The van der Waals surface area contributed by atoms with Crippen molar-refractivity contribution in [3.8, 4) is 0 Å². The van der Waals surface area contributed by atoms with Crippen LogP contribution in [0.25, 0.3) is 6.08 Å². The highest BCUT2D eigenvalue weighted by molar-refractivity contribution is 9.10. The van der Waals surface area contributed by atoms with Gasteiger partial charge in [0.15, 0.2) is 5.70 Å². The van der Waals surface area contributed by atoms with E-state index < -0.39 is 5.97 Å². The molecule has 0 unspecified atom stereocenters. The molecule has 0 saturated carbocycles. The summed E-state index contributed by atoms with van der Waals surface area (Å²) in [6.07, 6.45) is 1.69. The zero-order valence-corrected chi connectivity index (χ0v) is 13.1. The van der Waals surface area contributed by atoms with E-state index >= 15 is 0 Å². The van der Waals surface area contributed by atoms with Crippen LogP contribution in [0, 0.1) is 0 Å². The zero-order valence-electron chi connectivity index (χ0n) is 10.7. The van der Waals surface area contributed by atoms with Crippen molar-refractivity contribution < 1.29 is 9.53 Å². The highest BCUT2D eigenvalue weighted by atomic mass is 79.9. The predicted molar refractivity (Wildman–Crippen MR) is 86.2 cm³/mol. The van der Waals surface area contributed by atoms with Gasteiger partial charge in [-0.1, -0.05) is 45.7 Å². The lowest BCUT2D eigenvalue weighted by atomic mass is 10.2. The number of rotatable bonds is 2. The Morgan fingerprint density at radius 1 is 1.14 bits per heavy atom. The fourth-order valence-corrected chi connectivity index (χ4v) is 2.33. The molecular formula is C16H9BrClNO2. The van der Waals surface area contributed by atoms with Crippen molar-refractivity contribution in [1.82, 2.24) is 0 Å². The second-order valence-electron chi connectivity index (χ2n) is 4.40.